The van der Waals surface area contributed by atoms with Crippen LogP contribution in [0.5, 0.6) is 5.75 Å². The lowest BCUT2D eigenvalue weighted by atomic mass is 10.1. The van der Waals surface area contributed by atoms with Crippen molar-refractivity contribution in [1.82, 2.24) is 4.90 Å². The largest absolute Gasteiger partial charge is 0.507 e. The standard InChI is InChI=1S/C13H16FNO2S/c1-2-10-8-15(5-6-18-10)13(17)11-4-3-9(14)7-12(11)16/h3-4,7,10,16H,2,5-6,8H2,1H3. The smallest absolute Gasteiger partial charge is 0.257 e. The summed E-state index contributed by atoms with van der Waals surface area (Å²) in [4.78, 5) is 14.0. The normalized spacial score (nSPS) is 19.9. The van der Waals surface area contributed by atoms with Gasteiger partial charge in [0.2, 0.25) is 0 Å². The van der Waals surface area contributed by atoms with E-state index in [0.29, 0.717) is 18.3 Å². The van der Waals surface area contributed by atoms with E-state index in [0.717, 1.165) is 18.2 Å². The summed E-state index contributed by atoms with van der Waals surface area (Å²) in [6, 6.07) is 3.52. The van der Waals surface area contributed by atoms with Gasteiger partial charge in [-0.25, -0.2) is 4.39 Å². The average Bonchev–Trinajstić information content (AvgIpc) is 2.38. The van der Waals surface area contributed by atoms with Crippen LogP contribution >= 0.6 is 11.8 Å². The molecule has 2 rings (SSSR count). The van der Waals surface area contributed by atoms with Gasteiger partial charge in [0.15, 0.2) is 0 Å². The number of thioether (sulfide) groups is 1. The number of nitrogens with zero attached hydrogens (tertiary/aromatic N) is 1. The van der Waals surface area contributed by atoms with E-state index in [1.807, 2.05) is 11.8 Å². The first-order valence-corrected chi connectivity index (χ1v) is 7.06. The lowest BCUT2D eigenvalue weighted by Crippen LogP contribution is -2.41. The van der Waals surface area contributed by atoms with Crippen molar-refractivity contribution >= 4 is 17.7 Å². The van der Waals surface area contributed by atoms with Crippen LogP contribution < -0.4 is 0 Å². The fourth-order valence-corrected chi connectivity index (χ4v) is 3.19. The van der Waals surface area contributed by atoms with Crippen molar-refractivity contribution in [3.63, 3.8) is 0 Å². The fourth-order valence-electron chi connectivity index (χ4n) is 2.01. The van der Waals surface area contributed by atoms with Crippen molar-refractivity contribution in [3.8, 4) is 5.75 Å². The molecular weight excluding hydrogens is 253 g/mol. The number of phenolic OH excluding ortho intramolecular Hbond substituents is 1. The van der Waals surface area contributed by atoms with Crippen molar-refractivity contribution in [3.05, 3.63) is 29.6 Å². The molecule has 98 valence electrons. The van der Waals surface area contributed by atoms with Crippen LogP contribution in [0, 0.1) is 5.82 Å². The minimum atomic E-state index is -0.537. The number of hydrogen-bond donors (Lipinski definition) is 1. The van der Waals surface area contributed by atoms with E-state index in [-0.39, 0.29) is 17.2 Å². The summed E-state index contributed by atoms with van der Waals surface area (Å²) in [6.07, 6.45) is 1.02. The second-order valence-electron chi connectivity index (χ2n) is 4.31. The van der Waals surface area contributed by atoms with Crippen LogP contribution in [-0.2, 0) is 0 Å². The first-order valence-electron chi connectivity index (χ1n) is 6.01. The fraction of sp³-hybridized carbons (Fsp3) is 0.462. The van der Waals surface area contributed by atoms with E-state index in [1.165, 1.54) is 12.1 Å². The molecule has 0 saturated carbocycles. The Kier molecular flexibility index (Phi) is 4.11. The van der Waals surface area contributed by atoms with Gasteiger partial charge in [-0.2, -0.15) is 11.8 Å². The van der Waals surface area contributed by atoms with Gasteiger partial charge in [0.1, 0.15) is 11.6 Å². The Morgan fingerprint density at radius 3 is 3.06 bits per heavy atom. The molecule has 0 aliphatic carbocycles. The zero-order valence-corrected chi connectivity index (χ0v) is 11.0. The van der Waals surface area contributed by atoms with Gasteiger partial charge >= 0.3 is 0 Å². The first-order chi connectivity index (χ1) is 8.61. The summed E-state index contributed by atoms with van der Waals surface area (Å²) in [6.45, 7) is 3.47. The van der Waals surface area contributed by atoms with E-state index in [1.54, 1.807) is 4.90 Å². The van der Waals surface area contributed by atoms with Gasteiger partial charge in [-0.1, -0.05) is 6.92 Å². The summed E-state index contributed by atoms with van der Waals surface area (Å²) < 4.78 is 12.9. The minimum Gasteiger partial charge on any atom is -0.507 e. The highest BCUT2D eigenvalue weighted by Gasteiger charge is 2.25. The number of aromatic hydroxyl groups is 1. The minimum absolute atomic E-state index is 0.179. The van der Waals surface area contributed by atoms with Crippen LogP contribution in [0.4, 0.5) is 4.39 Å². The Hall–Kier alpha value is -1.23. The third-order valence-corrected chi connectivity index (χ3v) is 4.44. The maximum atomic E-state index is 12.9. The predicted octanol–water partition coefficient (Wildman–Crippen LogP) is 2.50. The average molecular weight is 269 g/mol. The number of hydrogen-bond acceptors (Lipinski definition) is 3. The Morgan fingerprint density at radius 1 is 1.61 bits per heavy atom. The van der Waals surface area contributed by atoms with Gasteiger partial charge in [0, 0.05) is 30.2 Å². The molecule has 1 aromatic rings. The van der Waals surface area contributed by atoms with Crippen LogP contribution in [-0.4, -0.2) is 40.0 Å². The van der Waals surface area contributed by atoms with Gasteiger partial charge in [0.25, 0.3) is 5.91 Å². The molecular formula is C13H16FNO2S. The SMILES string of the molecule is CCC1CN(C(=O)c2ccc(F)cc2O)CCS1. The first kappa shape index (κ1) is 13.2. The molecule has 1 amide bonds. The summed E-state index contributed by atoms with van der Waals surface area (Å²) in [5.41, 5.74) is 0.179. The zero-order chi connectivity index (χ0) is 13.1. The molecule has 0 spiro atoms. The molecule has 1 N–H and O–H groups in total. The Morgan fingerprint density at radius 2 is 2.39 bits per heavy atom. The molecule has 1 saturated heterocycles. The number of phenols is 1. The Balaban J connectivity index is 2.15. The van der Waals surface area contributed by atoms with Crippen LogP contribution in [0.1, 0.15) is 23.7 Å². The summed E-state index contributed by atoms with van der Waals surface area (Å²) in [5, 5.41) is 10.1. The summed E-state index contributed by atoms with van der Waals surface area (Å²) in [5.74, 6) is -0.131. The molecule has 0 radical (unpaired) electrons. The van der Waals surface area contributed by atoms with Crippen molar-refractivity contribution < 1.29 is 14.3 Å². The van der Waals surface area contributed by atoms with Crippen molar-refractivity contribution in [1.29, 1.82) is 0 Å². The molecule has 1 aliphatic heterocycles. The van der Waals surface area contributed by atoms with Gasteiger partial charge in [-0.3, -0.25) is 4.79 Å². The third-order valence-electron chi connectivity index (χ3n) is 3.07. The third kappa shape index (κ3) is 2.77. The zero-order valence-electron chi connectivity index (χ0n) is 10.2. The van der Waals surface area contributed by atoms with Crippen LogP contribution in [0.2, 0.25) is 0 Å². The Bertz CT molecular complexity index is 453. The molecule has 1 aliphatic rings. The monoisotopic (exact) mass is 269 g/mol. The molecule has 3 nitrogen and oxygen atoms in total. The Labute approximate surface area is 110 Å². The molecule has 0 aromatic heterocycles. The summed E-state index contributed by atoms with van der Waals surface area (Å²) in [7, 11) is 0. The number of benzene rings is 1. The van der Waals surface area contributed by atoms with Crippen LogP contribution in [0.3, 0.4) is 0 Å². The number of carbonyl (C=O) groups is 1. The van der Waals surface area contributed by atoms with Gasteiger partial charge in [-0.15, -0.1) is 0 Å². The van der Waals surface area contributed by atoms with Crippen LogP contribution in [0.15, 0.2) is 18.2 Å². The second kappa shape index (κ2) is 5.61. The molecule has 5 heteroatoms. The van der Waals surface area contributed by atoms with E-state index in [4.69, 9.17) is 0 Å². The van der Waals surface area contributed by atoms with Crippen molar-refractivity contribution in [2.75, 3.05) is 18.8 Å². The molecule has 18 heavy (non-hydrogen) atoms. The molecule has 1 unspecified atom stereocenters. The predicted molar refractivity (Wildman–Crippen MR) is 70.5 cm³/mol. The van der Waals surface area contributed by atoms with Crippen molar-refractivity contribution in [2.45, 2.75) is 18.6 Å². The van der Waals surface area contributed by atoms with Gasteiger partial charge in [-0.05, 0) is 18.6 Å². The van der Waals surface area contributed by atoms with Crippen molar-refractivity contribution in [2.24, 2.45) is 0 Å². The van der Waals surface area contributed by atoms with E-state index >= 15 is 0 Å². The maximum Gasteiger partial charge on any atom is 0.257 e. The highest BCUT2D eigenvalue weighted by Crippen LogP contribution is 2.25. The topological polar surface area (TPSA) is 40.5 Å². The highest BCUT2D eigenvalue weighted by atomic mass is 32.2. The number of carbonyl (C=O) groups excluding carboxylic acids is 1. The number of halogens is 1. The van der Waals surface area contributed by atoms with Crippen LogP contribution in [0.25, 0.3) is 0 Å². The molecule has 1 fully saturated rings. The quantitative estimate of drug-likeness (QED) is 0.896. The van der Waals surface area contributed by atoms with Gasteiger partial charge in [0.05, 0.1) is 5.56 Å². The molecule has 1 heterocycles. The number of amides is 1. The van der Waals surface area contributed by atoms with Gasteiger partial charge < -0.3 is 10.0 Å². The summed E-state index contributed by atoms with van der Waals surface area (Å²) >= 11 is 1.87. The maximum absolute atomic E-state index is 12.9. The lowest BCUT2D eigenvalue weighted by Gasteiger charge is -2.32. The van der Waals surface area contributed by atoms with E-state index < -0.39 is 5.82 Å². The van der Waals surface area contributed by atoms with E-state index in [2.05, 4.69) is 6.92 Å². The highest BCUT2D eigenvalue weighted by molar-refractivity contribution is 8.00. The molecule has 0 bridgehead atoms. The second-order valence-corrected chi connectivity index (χ2v) is 5.72. The number of rotatable bonds is 2. The van der Waals surface area contributed by atoms with E-state index in [9.17, 15) is 14.3 Å². The molecule has 1 aromatic carbocycles. The lowest BCUT2D eigenvalue weighted by molar-refractivity contribution is 0.0758. The molecule has 1 atom stereocenters.